The average molecular weight is 591 g/mol. The van der Waals surface area contributed by atoms with Gasteiger partial charge in [0.05, 0.1) is 30.4 Å². The Morgan fingerprint density at radius 3 is 2.57 bits per heavy atom. The predicted molar refractivity (Wildman–Crippen MR) is 163 cm³/mol. The molecule has 0 amide bonds. The van der Waals surface area contributed by atoms with E-state index >= 15 is 0 Å². The molecule has 4 aromatic heterocycles. The van der Waals surface area contributed by atoms with Crippen LogP contribution in [0.3, 0.4) is 0 Å². The molecule has 0 aliphatic carbocycles. The molecule has 4 heterocycles. The van der Waals surface area contributed by atoms with Gasteiger partial charge in [-0.1, -0.05) is 25.7 Å². The normalized spacial score (nSPS) is 12.5. The summed E-state index contributed by atoms with van der Waals surface area (Å²) in [6.45, 7) is 13.7. The van der Waals surface area contributed by atoms with Crippen LogP contribution in [-0.2, 0) is 30.7 Å². The van der Waals surface area contributed by atoms with Gasteiger partial charge >= 0.3 is 6.01 Å². The second-order valence-corrected chi connectivity index (χ2v) is 17.7. The molecular weight excluding hydrogens is 552 g/mol. The molecule has 0 bridgehead atoms. The third-order valence-electron chi connectivity index (χ3n) is 6.97. The minimum Gasteiger partial charge on any atom is -0.464 e. The number of fused-ring (bicyclic) bond motifs is 2. The Balaban J connectivity index is 1.58. The molecule has 5 rings (SSSR count). The van der Waals surface area contributed by atoms with Crippen molar-refractivity contribution in [2.75, 3.05) is 13.2 Å². The molecule has 0 saturated heterocycles. The van der Waals surface area contributed by atoms with Crippen molar-refractivity contribution in [3.63, 3.8) is 0 Å². The van der Waals surface area contributed by atoms with Gasteiger partial charge in [-0.25, -0.2) is 19.9 Å². The molecule has 0 spiro atoms. The van der Waals surface area contributed by atoms with E-state index in [1.165, 1.54) is 0 Å². The van der Waals surface area contributed by atoms with Crippen LogP contribution in [0.2, 0.25) is 25.7 Å². The van der Waals surface area contributed by atoms with E-state index in [1.807, 2.05) is 47.5 Å². The van der Waals surface area contributed by atoms with E-state index in [1.54, 1.807) is 30.8 Å². The molecule has 42 heavy (non-hydrogen) atoms. The molecule has 5 aromatic rings. The minimum atomic E-state index is -1.22. The van der Waals surface area contributed by atoms with Gasteiger partial charge in [0.15, 0.2) is 5.65 Å². The molecule has 0 fully saturated rings. The monoisotopic (exact) mass is 590 g/mol. The number of hydrogen-bond donors (Lipinski definition) is 1. The summed E-state index contributed by atoms with van der Waals surface area (Å²) in [6.07, 6.45) is 5.10. The largest absolute Gasteiger partial charge is 0.464 e. The fraction of sp³-hybridized carbons (Fsp3) is 0.448. The minimum absolute atomic E-state index is 0.147. The van der Waals surface area contributed by atoms with Gasteiger partial charge in [-0.15, -0.1) is 0 Å². The number of imidazole rings is 2. The van der Waals surface area contributed by atoms with Gasteiger partial charge in [0.25, 0.3) is 5.56 Å². The van der Waals surface area contributed by atoms with Gasteiger partial charge in [0.2, 0.25) is 0 Å². The maximum absolute atomic E-state index is 14.1. The van der Waals surface area contributed by atoms with E-state index in [9.17, 15) is 9.90 Å². The lowest BCUT2D eigenvalue weighted by Gasteiger charge is -2.17. The Bertz CT molecular complexity index is 1800. The molecule has 12 nitrogen and oxygen atoms in total. The second-order valence-electron chi connectivity index (χ2n) is 12.1. The van der Waals surface area contributed by atoms with Gasteiger partial charge < -0.3 is 23.7 Å². The van der Waals surface area contributed by atoms with Gasteiger partial charge in [0.1, 0.15) is 35.2 Å². The van der Waals surface area contributed by atoms with Crippen LogP contribution in [0, 0.1) is 0 Å². The van der Waals surface area contributed by atoms with Crippen molar-refractivity contribution in [1.29, 1.82) is 0 Å². The van der Waals surface area contributed by atoms with E-state index in [4.69, 9.17) is 14.5 Å². The summed E-state index contributed by atoms with van der Waals surface area (Å²) in [6, 6.07) is 6.73. The Morgan fingerprint density at radius 1 is 1.07 bits per heavy atom. The van der Waals surface area contributed by atoms with E-state index in [0.29, 0.717) is 53.8 Å². The summed E-state index contributed by atoms with van der Waals surface area (Å²) >= 11 is 0. The summed E-state index contributed by atoms with van der Waals surface area (Å²) < 4.78 is 16.8. The molecule has 1 N–H and O–H groups in total. The van der Waals surface area contributed by atoms with Crippen molar-refractivity contribution in [3.8, 4) is 17.3 Å². The van der Waals surface area contributed by atoms with Gasteiger partial charge in [0, 0.05) is 39.7 Å². The van der Waals surface area contributed by atoms with Crippen LogP contribution in [-0.4, -0.2) is 65.0 Å². The fourth-order valence-electron chi connectivity index (χ4n) is 4.73. The first-order valence-electron chi connectivity index (χ1n) is 14.0. The van der Waals surface area contributed by atoms with E-state index in [2.05, 4.69) is 39.6 Å². The molecule has 0 saturated carbocycles. The molecule has 0 atom stereocenters. The Labute approximate surface area is 245 Å². The van der Waals surface area contributed by atoms with Gasteiger partial charge in [-0.3, -0.25) is 9.36 Å². The van der Waals surface area contributed by atoms with E-state index < -0.39 is 13.7 Å². The number of hydrogen-bond acceptors (Lipinski definition) is 9. The summed E-state index contributed by atoms with van der Waals surface area (Å²) in [5.41, 5.74) is 1.67. The average Bonchev–Trinajstić information content (AvgIpc) is 3.51. The standard InChI is InChI=1S/C29H38N8O4Si/c1-8-41-28-31-16-21-25(34-28)37(17-23-30-11-12-36(23)18-40-13-14-42(5,6)7)26(38)24(32-21)19-9-10-20-22(15-19)35(4)27(33-20)29(2,3)39/h9-12,15-16,39H,8,13-14,17-18H2,1-7H3. The predicted octanol–water partition coefficient (Wildman–Crippen LogP) is 3.92. The van der Waals surface area contributed by atoms with Crippen molar-refractivity contribution in [3.05, 3.63) is 58.8 Å². The number of aliphatic hydroxyl groups is 1. The Kier molecular flexibility index (Phi) is 8.01. The molecule has 0 aliphatic rings. The van der Waals surface area contributed by atoms with Crippen LogP contribution in [0.15, 0.2) is 41.6 Å². The third kappa shape index (κ3) is 6.13. The number of ether oxygens (including phenoxy) is 2. The van der Waals surface area contributed by atoms with Crippen molar-refractivity contribution in [2.45, 2.75) is 65.3 Å². The second kappa shape index (κ2) is 11.4. The molecule has 0 aliphatic heterocycles. The smallest absolute Gasteiger partial charge is 0.318 e. The lowest BCUT2D eigenvalue weighted by atomic mass is 10.1. The first kappa shape index (κ1) is 29.5. The van der Waals surface area contributed by atoms with E-state index in [0.717, 1.165) is 11.6 Å². The van der Waals surface area contributed by atoms with Crippen molar-refractivity contribution in [2.24, 2.45) is 7.05 Å². The summed E-state index contributed by atoms with van der Waals surface area (Å²) in [4.78, 5) is 36.8. The molecule has 1 aromatic carbocycles. The highest BCUT2D eigenvalue weighted by molar-refractivity contribution is 6.76. The number of benzene rings is 1. The zero-order valence-electron chi connectivity index (χ0n) is 25.2. The molecule has 222 valence electrons. The van der Waals surface area contributed by atoms with E-state index in [-0.39, 0.29) is 23.8 Å². The summed E-state index contributed by atoms with van der Waals surface area (Å²) in [5, 5.41) is 10.6. The van der Waals surface area contributed by atoms with Crippen LogP contribution in [0.1, 0.15) is 32.4 Å². The number of aromatic nitrogens is 8. The highest BCUT2D eigenvalue weighted by Gasteiger charge is 2.24. The third-order valence-corrected chi connectivity index (χ3v) is 8.67. The van der Waals surface area contributed by atoms with Crippen LogP contribution >= 0.6 is 0 Å². The van der Waals surface area contributed by atoms with Crippen molar-refractivity contribution < 1.29 is 14.6 Å². The number of nitrogens with zero attached hydrogens (tertiary/aromatic N) is 8. The fourth-order valence-corrected chi connectivity index (χ4v) is 5.49. The van der Waals surface area contributed by atoms with Gasteiger partial charge in [-0.2, -0.15) is 4.98 Å². The molecular formula is C29H38N8O4Si. The molecule has 0 radical (unpaired) electrons. The quantitative estimate of drug-likeness (QED) is 0.179. The maximum atomic E-state index is 14.1. The Hall–Kier alpha value is -3.94. The zero-order chi connectivity index (χ0) is 30.2. The first-order chi connectivity index (χ1) is 19.9. The van der Waals surface area contributed by atoms with Crippen molar-refractivity contribution >= 4 is 30.3 Å². The highest BCUT2D eigenvalue weighted by atomic mass is 28.3. The maximum Gasteiger partial charge on any atom is 0.318 e. The van der Waals surface area contributed by atoms with Gasteiger partial charge in [-0.05, 0) is 38.9 Å². The van der Waals surface area contributed by atoms with Crippen LogP contribution < -0.4 is 10.3 Å². The first-order valence-corrected chi connectivity index (χ1v) is 17.7. The molecule has 0 unspecified atom stereocenters. The Morgan fingerprint density at radius 2 is 1.86 bits per heavy atom. The molecule has 13 heteroatoms. The SMILES string of the molecule is CCOc1ncc2nc(-c3ccc4nc(C(C)(C)O)n(C)c4c3)c(=O)n(Cc3nccn3COCC[Si](C)(C)C)c2n1. The lowest BCUT2D eigenvalue weighted by molar-refractivity contribution is 0.0663. The van der Waals surface area contributed by atoms with Crippen LogP contribution in [0.25, 0.3) is 33.5 Å². The number of rotatable bonds is 11. The zero-order valence-corrected chi connectivity index (χ0v) is 26.2. The summed E-state index contributed by atoms with van der Waals surface area (Å²) in [7, 11) is 0.623. The lowest BCUT2D eigenvalue weighted by Crippen LogP contribution is -2.27. The number of aryl methyl sites for hydroxylation is 1. The van der Waals surface area contributed by atoms with Crippen molar-refractivity contribution in [1.82, 2.24) is 38.6 Å². The van der Waals surface area contributed by atoms with Crippen LogP contribution in [0.5, 0.6) is 6.01 Å². The topological polar surface area (TPSA) is 135 Å². The summed E-state index contributed by atoms with van der Waals surface area (Å²) in [5.74, 6) is 1.17. The van der Waals surface area contributed by atoms with Crippen LogP contribution in [0.4, 0.5) is 0 Å². The highest BCUT2D eigenvalue weighted by Crippen LogP contribution is 2.27.